The number of nitrogens with two attached hydrogens (primary N) is 1. The molecular weight excluding hydrogens is 402 g/mol. The highest BCUT2D eigenvalue weighted by Crippen LogP contribution is 2.28. The van der Waals surface area contributed by atoms with Gasteiger partial charge in [-0.05, 0) is 45.1 Å². The Bertz CT molecular complexity index is 897. The van der Waals surface area contributed by atoms with Gasteiger partial charge in [-0.1, -0.05) is 17.4 Å². The number of fused-ring (bicyclic) bond motifs is 2. The van der Waals surface area contributed by atoms with Crippen LogP contribution in [0.4, 0.5) is 5.13 Å². The zero-order chi connectivity index (χ0) is 20.7. The average Bonchev–Trinajstić information content (AvgIpc) is 3.27. The van der Waals surface area contributed by atoms with Crippen LogP contribution in [0.5, 0.6) is 0 Å². The van der Waals surface area contributed by atoms with Crippen molar-refractivity contribution >= 4 is 32.6 Å². The van der Waals surface area contributed by atoms with Gasteiger partial charge in [-0.3, -0.25) is 9.69 Å². The predicted octanol–water partition coefficient (Wildman–Crippen LogP) is 1.17. The molecule has 0 saturated carbocycles. The summed E-state index contributed by atoms with van der Waals surface area (Å²) in [6.45, 7) is 5.08. The van der Waals surface area contributed by atoms with Crippen LogP contribution in [0.25, 0.3) is 10.2 Å². The zero-order valence-electron chi connectivity index (χ0n) is 17.3. The van der Waals surface area contributed by atoms with Crippen LogP contribution in [-0.2, 0) is 9.47 Å². The Labute approximate surface area is 180 Å². The molecule has 2 atom stereocenters. The largest absolute Gasteiger partial charge is 0.375 e. The summed E-state index contributed by atoms with van der Waals surface area (Å²) in [5.41, 5.74) is 7.17. The maximum absolute atomic E-state index is 12.9. The molecule has 0 aliphatic carbocycles. The van der Waals surface area contributed by atoms with Gasteiger partial charge in [0.2, 0.25) is 0 Å². The van der Waals surface area contributed by atoms with Gasteiger partial charge in [0.05, 0.1) is 47.2 Å². The summed E-state index contributed by atoms with van der Waals surface area (Å²) < 4.78 is 13.2. The number of likely N-dealkylation sites (tertiary alicyclic amines) is 2. The first-order chi connectivity index (χ1) is 14.6. The van der Waals surface area contributed by atoms with Crippen molar-refractivity contribution in [3.63, 3.8) is 0 Å². The van der Waals surface area contributed by atoms with Crippen molar-refractivity contribution in [2.24, 2.45) is 0 Å². The molecule has 4 heterocycles. The number of nitrogens with zero attached hydrogens (tertiary/aromatic N) is 3. The normalized spacial score (nSPS) is 27.2. The molecule has 0 unspecified atom stereocenters. The van der Waals surface area contributed by atoms with Crippen molar-refractivity contribution in [1.29, 1.82) is 0 Å². The van der Waals surface area contributed by atoms with Crippen LogP contribution >= 0.6 is 11.3 Å². The number of carbonyl (C=O) groups is 1. The van der Waals surface area contributed by atoms with Gasteiger partial charge in [0.15, 0.2) is 5.13 Å². The van der Waals surface area contributed by atoms with Crippen LogP contribution in [0.15, 0.2) is 18.2 Å². The van der Waals surface area contributed by atoms with Crippen LogP contribution in [0.2, 0.25) is 0 Å². The maximum atomic E-state index is 12.9. The minimum Gasteiger partial charge on any atom is -0.375 e. The van der Waals surface area contributed by atoms with E-state index in [-0.39, 0.29) is 24.2 Å². The van der Waals surface area contributed by atoms with Gasteiger partial charge in [0, 0.05) is 19.1 Å². The van der Waals surface area contributed by atoms with Crippen LogP contribution in [0.3, 0.4) is 0 Å². The quantitative estimate of drug-likeness (QED) is 0.754. The number of anilines is 1. The smallest absolute Gasteiger partial charge is 0.253 e. The molecule has 0 radical (unpaired) electrons. The summed E-state index contributed by atoms with van der Waals surface area (Å²) in [6.07, 6.45) is 2.58. The monoisotopic (exact) mass is 431 g/mol. The van der Waals surface area contributed by atoms with Gasteiger partial charge in [0.1, 0.15) is 0 Å². The number of thiazole rings is 1. The average molecular weight is 432 g/mol. The van der Waals surface area contributed by atoms with E-state index in [1.165, 1.54) is 24.2 Å². The van der Waals surface area contributed by atoms with E-state index >= 15 is 0 Å². The molecule has 3 aliphatic heterocycles. The highest BCUT2D eigenvalue weighted by Gasteiger charge is 2.40. The molecule has 0 spiro atoms. The standard InChI is InChI=1S/C21H29N5O3S/c1-25-7-5-14(6-8-25)26-9-17-18(10-26)29-12-13(11-28-17)23-20(27)15-3-2-4-16-19(15)30-21(22)24-16/h2-4,13-14,17-18H,5-12H2,1H3,(H2,22,24)(H,23,27)/t17-,18-/m0/s1. The van der Waals surface area contributed by atoms with Crippen molar-refractivity contribution in [2.75, 3.05) is 52.2 Å². The molecule has 3 fully saturated rings. The number of benzene rings is 1. The fourth-order valence-corrected chi connectivity index (χ4v) is 5.61. The summed E-state index contributed by atoms with van der Waals surface area (Å²) in [4.78, 5) is 22.1. The molecule has 1 amide bonds. The number of rotatable bonds is 3. The summed E-state index contributed by atoms with van der Waals surface area (Å²) in [5, 5.41) is 3.54. The van der Waals surface area contributed by atoms with Crippen LogP contribution < -0.4 is 11.1 Å². The molecule has 3 saturated heterocycles. The Morgan fingerprint density at radius 3 is 2.60 bits per heavy atom. The number of amides is 1. The van der Waals surface area contributed by atoms with Crippen LogP contribution in [-0.4, -0.2) is 91.4 Å². The van der Waals surface area contributed by atoms with Crippen molar-refractivity contribution in [3.05, 3.63) is 23.8 Å². The second-order valence-corrected chi connectivity index (χ2v) is 9.64. The molecule has 30 heavy (non-hydrogen) atoms. The highest BCUT2D eigenvalue weighted by atomic mass is 32.1. The molecule has 1 aromatic carbocycles. The minimum atomic E-state index is -0.166. The topological polar surface area (TPSA) is 93.0 Å². The zero-order valence-corrected chi connectivity index (χ0v) is 18.1. The van der Waals surface area contributed by atoms with Crippen molar-refractivity contribution in [3.8, 4) is 0 Å². The third kappa shape index (κ3) is 4.04. The fraction of sp³-hybridized carbons (Fsp3) is 0.619. The lowest BCUT2D eigenvalue weighted by Gasteiger charge is -2.35. The summed E-state index contributed by atoms with van der Waals surface area (Å²) >= 11 is 1.34. The van der Waals surface area contributed by atoms with Crippen LogP contribution in [0, 0.1) is 0 Å². The number of aromatic nitrogens is 1. The molecule has 8 nitrogen and oxygen atoms in total. The van der Waals surface area contributed by atoms with Crippen LogP contribution in [0.1, 0.15) is 23.2 Å². The summed E-state index contributed by atoms with van der Waals surface area (Å²) in [5.74, 6) is -0.138. The Morgan fingerprint density at radius 1 is 1.20 bits per heavy atom. The SMILES string of the molecule is CN1CCC(N2C[C@@H]3OCC(NC(=O)c4cccc5nc(N)sc45)CO[C@H]3C2)CC1. The molecule has 9 heteroatoms. The predicted molar refractivity (Wildman–Crippen MR) is 117 cm³/mol. The van der Waals surface area contributed by atoms with E-state index in [1.807, 2.05) is 18.2 Å². The van der Waals surface area contributed by atoms with E-state index in [1.54, 1.807) is 0 Å². The lowest BCUT2D eigenvalue weighted by Crippen LogP contribution is -2.44. The van der Waals surface area contributed by atoms with E-state index in [2.05, 4.69) is 27.1 Å². The molecule has 2 aromatic rings. The van der Waals surface area contributed by atoms with E-state index in [9.17, 15) is 4.79 Å². The fourth-order valence-electron chi connectivity index (χ4n) is 4.77. The second kappa shape index (κ2) is 8.39. The molecular formula is C21H29N5O3S. The van der Waals surface area contributed by atoms with E-state index < -0.39 is 0 Å². The molecule has 1 aromatic heterocycles. The Hall–Kier alpha value is -1.78. The third-order valence-corrected chi connectivity index (χ3v) is 7.42. The lowest BCUT2D eigenvalue weighted by molar-refractivity contribution is -0.00461. The second-order valence-electron chi connectivity index (χ2n) is 8.61. The molecule has 5 rings (SSSR count). The molecule has 3 N–H and O–H groups in total. The third-order valence-electron chi connectivity index (χ3n) is 6.48. The van der Waals surface area contributed by atoms with Gasteiger partial charge in [-0.2, -0.15) is 0 Å². The number of ether oxygens (including phenoxy) is 2. The highest BCUT2D eigenvalue weighted by molar-refractivity contribution is 7.22. The van der Waals surface area contributed by atoms with E-state index in [0.717, 1.165) is 36.4 Å². The first kappa shape index (κ1) is 20.1. The van der Waals surface area contributed by atoms with Gasteiger partial charge >= 0.3 is 0 Å². The molecule has 162 valence electrons. The van der Waals surface area contributed by atoms with Gasteiger partial charge in [0.25, 0.3) is 5.91 Å². The van der Waals surface area contributed by atoms with Gasteiger partial charge in [-0.15, -0.1) is 0 Å². The van der Waals surface area contributed by atoms with E-state index in [4.69, 9.17) is 15.2 Å². The van der Waals surface area contributed by atoms with Crippen molar-refractivity contribution < 1.29 is 14.3 Å². The number of nitrogens with one attached hydrogen (secondary N) is 1. The van der Waals surface area contributed by atoms with Gasteiger partial charge < -0.3 is 25.4 Å². The minimum absolute atomic E-state index is 0.0799. The Balaban J connectivity index is 1.18. The number of nitrogen functional groups attached to an aromatic ring is 1. The number of carbonyl (C=O) groups excluding carboxylic acids is 1. The van der Waals surface area contributed by atoms with Gasteiger partial charge in [-0.25, -0.2) is 4.98 Å². The summed E-state index contributed by atoms with van der Waals surface area (Å²) in [7, 11) is 2.19. The van der Waals surface area contributed by atoms with Crippen molar-refractivity contribution in [1.82, 2.24) is 20.1 Å². The first-order valence-electron chi connectivity index (χ1n) is 10.7. The van der Waals surface area contributed by atoms with E-state index in [0.29, 0.717) is 30.0 Å². The Kier molecular flexibility index (Phi) is 5.63. The number of hydrogen-bond acceptors (Lipinski definition) is 8. The number of piperidine rings is 1. The molecule has 3 aliphatic rings. The summed E-state index contributed by atoms with van der Waals surface area (Å²) in [6, 6.07) is 5.97. The maximum Gasteiger partial charge on any atom is 0.253 e. The van der Waals surface area contributed by atoms with Crippen molar-refractivity contribution in [2.45, 2.75) is 37.1 Å². The number of hydrogen-bond donors (Lipinski definition) is 2. The Morgan fingerprint density at radius 2 is 1.90 bits per heavy atom. The lowest BCUT2D eigenvalue weighted by atomic mass is 10.0. The molecule has 0 bridgehead atoms. The first-order valence-corrected chi connectivity index (χ1v) is 11.5.